The smallest absolute Gasteiger partial charge is 0.254 e. The minimum atomic E-state index is -0.721. The summed E-state index contributed by atoms with van der Waals surface area (Å²) in [5.74, 6) is -1.27. The maximum absolute atomic E-state index is 11.8. The van der Waals surface area contributed by atoms with Crippen LogP contribution in [0, 0.1) is 6.92 Å². The summed E-state index contributed by atoms with van der Waals surface area (Å²) in [5.41, 5.74) is 13.0. The minimum absolute atomic E-state index is 0.0109. The number of aromatic nitrogens is 1. The third-order valence-corrected chi connectivity index (χ3v) is 3.87. The normalized spacial score (nSPS) is 11.7. The molecule has 0 aliphatic rings. The van der Waals surface area contributed by atoms with Crippen LogP contribution in [0.5, 0.6) is 0 Å². The number of nitrogens with zero attached hydrogens (tertiary/aromatic N) is 2. The van der Waals surface area contributed by atoms with E-state index in [1.807, 2.05) is 0 Å². The lowest BCUT2D eigenvalue weighted by atomic mass is 10.1. The minimum Gasteiger partial charge on any atom is -0.436 e. The van der Waals surface area contributed by atoms with Crippen molar-refractivity contribution in [2.45, 2.75) is 13.5 Å². The van der Waals surface area contributed by atoms with Gasteiger partial charge in [0.2, 0.25) is 11.5 Å². The van der Waals surface area contributed by atoms with Gasteiger partial charge in [-0.25, -0.2) is 4.99 Å². The molecule has 0 bridgehead atoms. The van der Waals surface area contributed by atoms with Crippen LogP contribution in [0.3, 0.4) is 0 Å². The molecule has 2 aromatic heterocycles. The van der Waals surface area contributed by atoms with Crippen molar-refractivity contribution in [3.8, 4) is 0 Å². The molecule has 3 rings (SSSR count). The van der Waals surface area contributed by atoms with E-state index >= 15 is 0 Å². The number of nitrogens with two attached hydrogens (primary N) is 2. The van der Waals surface area contributed by atoms with Gasteiger partial charge in [0.25, 0.3) is 5.91 Å². The molecule has 0 atom stereocenters. The predicted octanol–water partition coefficient (Wildman–Crippen LogP) is 1.06. The van der Waals surface area contributed by atoms with Crippen LogP contribution in [0.4, 0.5) is 5.69 Å². The van der Waals surface area contributed by atoms with Gasteiger partial charge in [0, 0.05) is 22.7 Å². The van der Waals surface area contributed by atoms with Crippen molar-refractivity contribution < 1.29 is 19.1 Å². The summed E-state index contributed by atoms with van der Waals surface area (Å²) < 4.78 is 5.78. The summed E-state index contributed by atoms with van der Waals surface area (Å²) in [5, 5.41) is 10.0. The van der Waals surface area contributed by atoms with E-state index in [0.717, 1.165) is 0 Å². The Balaban J connectivity index is 2.27. The second-order valence-electron chi connectivity index (χ2n) is 5.62. The summed E-state index contributed by atoms with van der Waals surface area (Å²) >= 11 is 0. The average molecular weight is 352 g/mol. The van der Waals surface area contributed by atoms with Gasteiger partial charge in [0.05, 0.1) is 18.0 Å². The van der Waals surface area contributed by atoms with Gasteiger partial charge in [-0.3, -0.25) is 14.6 Å². The van der Waals surface area contributed by atoms with E-state index in [1.165, 1.54) is 24.4 Å². The number of carbonyl (C=O) groups excluding carboxylic acids is 2. The molecular weight excluding hydrogens is 336 g/mol. The molecule has 8 nitrogen and oxygen atoms in total. The van der Waals surface area contributed by atoms with Crippen molar-refractivity contribution in [3.05, 3.63) is 64.5 Å². The predicted molar refractivity (Wildman–Crippen MR) is 93.4 cm³/mol. The van der Waals surface area contributed by atoms with Crippen molar-refractivity contribution in [3.63, 3.8) is 0 Å². The number of aryl methyl sites for hydroxylation is 1. The zero-order valence-electron chi connectivity index (χ0n) is 13.9. The van der Waals surface area contributed by atoms with Crippen LogP contribution in [-0.4, -0.2) is 21.9 Å². The maximum atomic E-state index is 11.8. The number of primary amides is 2. The van der Waals surface area contributed by atoms with E-state index in [4.69, 9.17) is 15.9 Å². The highest BCUT2D eigenvalue weighted by atomic mass is 16.3. The fourth-order valence-corrected chi connectivity index (χ4v) is 2.49. The molecule has 0 saturated carbocycles. The number of hydrogen-bond acceptors (Lipinski definition) is 6. The lowest BCUT2D eigenvalue weighted by Gasteiger charge is -2.07. The SMILES string of the molecule is Cc1ncc(CO)c2cc(C(N)=O)c(=Nc3ccc(C(N)=O)cc3)oc12. The fraction of sp³-hybridized carbons (Fsp3) is 0.111. The zero-order chi connectivity index (χ0) is 18.8. The molecular formula is C18H16N4O4. The molecule has 26 heavy (non-hydrogen) atoms. The summed E-state index contributed by atoms with van der Waals surface area (Å²) in [6.45, 7) is 1.48. The number of rotatable bonds is 4. The Morgan fingerprint density at radius 1 is 1.19 bits per heavy atom. The Morgan fingerprint density at radius 2 is 1.88 bits per heavy atom. The first-order chi connectivity index (χ1) is 12.4. The molecule has 0 aliphatic carbocycles. The van der Waals surface area contributed by atoms with Crippen LogP contribution >= 0.6 is 0 Å². The number of hydrogen-bond donors (Lipinski definition) is 3. The molecule has 0 unspecified atom stereocenters. The van der Waals surface area contributed by atoms with Gasteiger partial charge in [-0.15, -0.1) is 0 Å². The van der Waals surface area contributed by atoms with Crippen molar-refractivity contribution in [1.82, 2.24) is 4.98 Å². The van der Waals surface area contributed by atoms with E-state index in [9.17, 15) is 14.7 Å². The summed E-state index contributed by atoms with van der Waals surface area (Å²) in [4.78, 5) is 31.5. The topological polar surface area (TPSA) is 145 Å². The Hall–Kier alpha value is -3.52. The van der Waals surface area contributed by atoms with Crippen LogP contribution in [0.25, 0.3) is 11.0 Å². The van der Waals surface area contributed by atoms with Gasteiger partial charge >= 0.3 is 0 Å². The second-order valence-corrected chi connectivity index (χ2v) is 5.62. The highest BCUT2D eigenvalue weighted by Gasteiger charge is 2.14. The van der Waals surface area contributed by atoms with Crippen LogP contribution in [-0.2, 0) is 6.61 Å². The molecule has 0 spiro atoms. The van der Waals surface area contributed by atoms with Gasteiger partial charge in [0.15, 0.2) is 5.58 Å². The first-order valence-electron chi connectivity index (χ1n) is 7.68. The van der Waals surface area contributed by atoms with E-state index in [-0.39, 0.29) is 17.7 Å². The number of carbonyl (C=O) groups is 2. The van der Waals surface area contributed by atoms with Crippen LogP contribution in [0.1, 0.15) is 32.0 Å². The maximum Gasteiger partial charge on any atom is 0.254 e. The Labute approximate surface area is 147 Å². The number of benzene rings is 1. The van der Waals surface area contributed by atoms with E-state index in [0.29, 0.717) is 33.5 Å². The van der Waals surface area contributed by atoms with Crippen LogP contribution < -0.4 is 17.0 Å². The largest absolute Gasteiger partial charge is 0.436 e. The molecule has 5 N–H and O–H groups in total. The van der Waals surface area contributed by atoms with Crippen molar-refractivity contribution >= 4 is 28.5 Å². The van der Waals surface area contributed by atoms with Gasteiger partial charge in [-0.2, -0.15) is 0 Å². The molecule has 0 aliphatic heterocycles. The lowest BCUT2D eigenvalue weighted by Crippen LogP contribution is -2.22. The monoisotopic (exact) mass is 352 g/mol. The summed E-state index contributed by atoms with van der Waals surface area (Å²) in [7, 11) is 0. The van der Waals surface area contributed by atoms with E-state index in [1.54, 1.807) is 19.1 Å². The molecule has 3 aromatic rings. The quantitative estimate of drug-likeness (QED) is 0.643. The van der Waals surface area contributed by atoms with Crippen LogP contribution in [0.2, 0.25) is 0 Å². The fourth-order valence-electron chi connectivity index (χ4n) is 2.49. The third-order valence-electron chi connectivity index (χ3n) is 3.87. The van der Waals surface area contributed by atoms with Gasteiger partial charge < -0.3 is 21.0 Å². The van der Waals surface area contributed by atoms with E-state index < -0.39 is 11.8 Å². The molecule has 8 heteroatoms. The molecule has 2 heterocycles. The Bertz CT molecular complexity index is 1080. The molecule has 0 fully saturated rings. The first-order valence-corrected chi connectivity index (χ1v) is 7.68. The zero-order valence-corrected chi connectivity index (χ0v) is 13.9. The van der Waals surface area contributed by atoms with Gasteiger partial charge in [-0.1, -0.05) is 0 Å². The first kappa shape index (κ1) is 17.3. The number of aliphatic hydroxyl groups is 1. The van der Waals surface area contributed by atoms with Crippen LogP contribution in [0.15, 0.2) is 45.9 Å². The molecule has 132 valence electrons. The summed E-state index contributed by atoms with van der Waals surface area (Å²) in [6, 6.07) is 7.70. The van der Waals surface area contributed by atoms with Gasteiger partial charge in [-0.05, 0) is 37.3 Å². The standard InChI is InChI=1S/C18H16N4O4/c1-9-15-13(11(8-23)7-21-9)6-14(17(20)25)18(26-15)22-12-4-2-10(3-5-12)16(19)24/h2-7,23H,8H2,1H3,(H2,19,24)(H2,20,25). The lowest BCUT2D eigenvalue weighted by molar-refractivity contribution is 0.0989. The molecule has 0 saturated heterocycles. The number of aliphatic hydroxyl groups excluding tert-OH is 1. The Kier molecular flexibility index (Phi) is 4.51. The highest BCUT2D eigenvalue weighted by Crippen LogP contribution is 2.21. The number of fused-ring (bicyclic) bond motifs is 1. The molecule has 0 radical (unpaired) electrons. The average Bonchev–Trinajstić information content (AvgIpc) is 2.62. The van der Waals surface area contributed by atoms with Gasteiger partial charge in [0.1, 0.15) is 5.56 Å². The van der Waals surface area contributed by atoms with Crippen molar-refractivity contribution in [2.75, 3.05) is 0 Å². The van der Waals surface area contributed by atoms with Crippen molar-refractivity contribution in [1.29, 1.82) is 0 Å². The molecule has 2 amide bonds. The van der Waals surface area contributed by atoms with E-state index in [2.05, 4.69) is 9.98 Å². The highest BCUT2D eigenvalue weighted by molar-refractivity contribution is 5.96. The second kappa shape index (κ2) is 6.77. The number of pyridine rings is 1. The van der Waals surface area contributed by atoms with Crippen molar-refractivity contribution in [2.24, 2.45) is 16.5 Å². The third kappa shape index (κ3) is 3.17. The number of amides is 2. The Morgan fingerprint density at radius 3 is 2.46 bits per heavy atom. The molecule has 1 aromatic carbocycles. The summed E-state index contributed by atoms with van der Waals surface area (Å²) in [6.07, 6.45) is 1.51.